The Bertz CT molecular complexity index is 1370. The number of aromatic amines is 1. The van der Waals surface area contributed by atoms with Crippen LogP contribution in [0.5, 0.6) is 0 Å². The smallest absolute Gasteiger partial charge is 0.272 e. The summed E-state index contributed by atoms with van der Waals surface area (Å²) in [5.74, 6) is -0.346. The fourth-order valence-electron chi connectivity index (χ4n) is 4.25. The number of hydrogen-bond donors (Lipinski definition) is 3. The largest absolute Gasteiger partial charge is 0.353 e. The van der Waals surface area contributed by atoms with E-state index in [4.69, 9.17) is 11.6 Å². The van der Waals surface area contributed by atoms with E-state index < -0.39 is 17.5 Å². The Labute approximate surface area is 199 Å². The molecule has 1 amide bonds. The number of nitrogens with one attached hydrogen (secondary N) is 3. The number of aromatic nitrogens is 4. The minimum Gasteiger partial charge on any atom is -0.353 e. The molecule has 0 unspecified atom stereocenters. The maximum Gasteiger partial charge on any atom is 0.272 e. The predicted molar refractivity (Wildman–Crippen MR) is 125 cm³/mol. The number of imidazole rings is 1. The summed E-state index contributed by atoms with van der Waals surface area (Å²) in [5.41, 5.74) is 2.10. The van der Waals surface area contributed by atoms with Gasteiger partial charge in [-0.25, -0.2) is 23.7 Å². The molecular formula is C24H21ClF2N6O. The SMILES string of the molecule is O=C(NCc1cc(F)cc(Nc2ccc(Cl)cc2F)c1)c1ncnc2nc(C3CCCC3)[nH]c12. The molecule has 0 atom stereocenters. The van der Waals surface area contributed by atoms with E-state index in [1.165, 1.54) is 36.7 Å². The minimum absolute atomic E-state index is 0.0451. The van der Waals surface area contributed by atoms with Crippen molar-refractivity contribution in [1.82, 2.24) is 25.3 Å². The molecule has 1 aliphatic rings. The number of amides is 1. The van der Waals surface area contributed by atoms with Gasteiger partial charge in [0.2, 0.25) is 0 Å². The Balaban J connectivity index is 1.32. The van der Waals surface area contributed by atoms with Crippen LogP contribution in [-0.2, 0) is 6.54 Å². The Hall–Kier alpha value is -3.59. The number of halogens is 3. The second-order valence-corrected chi connectivity index (χ2v) is 8.74. The Kier molecular flexibility index (Phi) is 6.10. The molecule has 1 aliphatic carbocycles. The minimum atomic E-state index is -0.559. The van der Waals surface area contributed by atoms with Crippen molar-refractivity contribution in [2.24, 2.45) is 0 Å². The van der Waals surface area contributed by atoms with Gasteiger partial charge < -0.3 is 15.6 Å². The van der Waals surface area contributed by atoms with Gasteiger partial charge in [-0.3, -0.25) is 4.79 Å². The summed E-state index contributed by atoms with van der Waals surface area (Å²) in [6.07, 6.45) is 5.75. The van der Waals surface area contributed by atoms with Crippen LogP contribution in [0.25, 0.3) is 11.2 Å². The van der Waals surface area contributed by atoms with E-state index in [2.05, 4.69) is 30.6 Å². The zero-order valence-electron chi connectivity index (χ0n) is 18.0. The van der Waals surface area contributed by atoms with Crippen LogP contribution in [0.3, 0.4) is 0 Å². The summed E-state index contributed by atoms with van der Waals surface area (Å²) < 4.78 is 28.3. The lowest BCUT2D eigenvalue weighted by atomic mass is 10.1. The number of carbonyl (C=O) groups is 1. The van der Waals surface area contributed by atoms with Gasteiger partial charge in [0.15, 0.2) is 11.3 Å². The number of fused-ring (bicyclic) bond motifs is 1. The van der Waals surface area contributed by atoms with Crippen LogP contribution in [0.1, 0.15) is 53.5 Å². The summed E-state index contributed by atoms with van der Waals surface area (Å²) >= 11 is 5.78. The van der Waals surface area contributed by atoms with Gasteiger partial charge in [0.1, 0.15) is 29.3 Å². The van der Waals surface area contributed by atoms with Crippen molar-refractivity contribution in [2.75, 3.05) is 5.32 Å². The first kappa shape index (κ1) is 22.2. The second kappa shape index (κ2) is 9.34. The first-order valence-electron chi connectivity index (χ1n) is 11.0. The standard InChI is InChI=1S/C24H21ClF2N6O/c25-15-5-6-19(18(27)9-15)31-17-8-13(7-16(26)10-17)11-28-24(34)21-20-23(30-12-29-21)33-22(32-20)14-3-1-2-4-14/h5-10,12,14,31H,1-4,11H2,(H,28,34)(H,29,30,32,33). The van der Waals surface area contributed by atoms with Gasteiger partial charge in [0.05, 0.1) is 5.69 Å². The number of rotatable bonds is 6. The molecule has 7 nitrogen and oxygen atoms in total. The quantitative estimate of drug-likeness (QED) is 0.331. The molecule has 1 fully saturated rings. The van der Waals surface area contributed by atoms with Crippen LogP contribution in [0, 0.1) is 11.6 Å². The van der Waals surface area contributed by atoms with Gasteiger partial charge in [-0.1, -0.05) is 24.4 Å². The number of anilines is 2. The first-order valence-corrected chi connectivity index (χ1v) is 11.3. The van der Waals surface area contributed by atoms with Crippen molar-refractivity contribution in [3.63, 3.8) is 0 Å². The molecule has 34 heavy (non-hydrogen) atoms. The molecule has 10 heteroatoms. The summed E-state index contributed by atoms with van der Waals surface area (Å²) in [7, 11) is 0. The van der Waals surface area contributed by atoms with E-state index in [1.54, 1.807) is 6.07 Å². The van der Waals surface area contributed by atoms with E-state index in [0.717, 1.165) is 31.5 Å². The molecule has 0 saturated heterocycles. The number of H-pyrrole nitrogens is 1. The fraction of sp³-hybridized carbons (Fsp3) is 0.250. The number of carbonyl (C=O) groups excluding carboxylic acids is 1. The fourth-order valence-corrected chi connectivity index (χ4v) is 4.41. The average Bonchev–Trinajstić information content (AvgIpc) is 3.48. The van der Waals surface area contributed by atoms with Crippen LogP contribution >= 0.6 is 11.6 Å². The van der Waals surface area contributed by atoms with E-state index in [9.17, 15) is 13.6 Å². The Morgan fingerprint density at radius 2 is 1.94 bits per heavy atom. The summed E-state index contributed by atoms with van der Waals surface area (Å²) in [6, 6.07) is 8.33. The van der Waals surface area contributed by atoms with Crippen LogP contribution < -0.4 is 10.6 Å². The van der Waals surface area contributed by atoms with Crippen molar-refractivity contribution in [3.8, 4) is 0 Å². The maximum absolute atomic E-state index is 14.2. The summed E-state index contributed by atoms with van der Waals surface area (Å²) in [5, 5.41) is 5.85. The molecule has 0 spiro atoms. The van der Waals surface area contributed by atoms with Gasteiger partial charge in [-0.05, 0) is 54.8 Å². The van der Waals surface area contributed by atoms with Gasteiger partial charge in [0, 0.05) is 23.2 Å². The third-order valence-electron chi connectivity index (χ3n) is 5.88. The summed E-state index contributed by atoms with van der Waals surface area (Å²) in [4.78, 5) is 29.0. The van der Waals surface area contributed by atoms with Crippen molar-refractivity contribution in [1.29, 1.82) is 0 Å². The lowest BCUT2D eigenvalue weighted by Gasteiger charge is -2.11. The van der Waals surface area contributed by atoms with Crippen molar-refractivity contribution in [2.45, 2.75) is 38.1 Å². The highest BCUT2D eigenvalue weighted by molar-refractivity contribution is 6.30. The zero-order chi connectivity index (χ0) is 23.7. The first-order chi connectivity index (χ1) is 16.5. The maximum atomic E-state index is 14.2. The van der Waals surface area contributed by atoms with Gasteiger partial charge in [-0.15, -0.1) is 0 Å². The molecule has 174 valence electrons. The van der Waals surface area contributed by atoms with E-state index >= 15 is 0 Å². The van der Waals surface area contributed by atoms with Crippen LogP contribution in [-0.4, -0.2) is 25.8 Å². The number of nitrogens with zero attached hydrogens (tertiary/aromatic N) is 3. The average molecular weight is 483 g/mol. The Morgan fingerprint density at radius 3 is 2.74 bits per heavy atom. The molecule has 1 saturated carbocycles. The molecule has 4 aromatic rings. The van der Waals surface area contributed by atoms with Gasteiger partial charge >= 0.3 is 0 Å². The molecule has 3 N–H and O–H groups in total. The Morgan fingerprint density at radius 1 is 1.12 bits per heavy atom. The van der Waals surface area contributed by atoms with Crippen LogP contribution in [0.2, 0.25) is 5.02 Å². The topological polar surface area (TPSA) is 95.6 Å². The highest BCUT2D eigenvalue weighted by Gasteiger charge is 2.23. The normalized spacial score (nSPS) is 14.0. The van der Waals surface area contributed by atoms with E-state index in [1.807, 2.05) is 0 Å². The molecule has 0 radical (unpaired) electrons. The van der Waals surface area contributed by atoms with E-state index in [0.29, 0.717) is 28.3 Å². The van der Waals surface area contributed by atoms with Crippen LogP contribution in [0.15, 0.2) is 42.7 Å². The lowest BCUT2D eigenvalue weighted by Crippen LogP contribution is -2.24. The van der Waals surface area contributed by atoms with Gasteiger partial charge in [0.25, 0.3) is 5.91 Å². The van der Waals surface area contributed by atoms with Crippen molar-refractivity contribution < 1.29 is 13.6 Å². The van der Waals surface area contributed by atoms with Crippen molar-refractivity contribution in [3.05, 3.63) is 76.5 Å². The lowest BCUT2D eigenvalue weighted by molar-refractivity contribution is 0.0947. The predicted octanol–water partition coefficient (Wildman–Crippen LogP) is 5.62. The molecule has 0 bridgehead atoms. The molecular weight excluding hydrogens is 462 g/mol. The number of hydrogen-bond acceptors (Lipinski definition) is 5. The highest BCUT2D eigenvalue weighted by atomic mass is 35.5. The molecule has 2 heterocycles. The van der Waals surface area contributed by atoms with Gasteiger partial charge in [-0.2, -0.15) is 0 Å². The second-order valence-electron chi connectivity index (χ2n) is 8.30. The monoisotopic (exact) mass is 482 g/mol. The molecule has 2 aromatic heterocycles. The molecule has 0 aliphatic heterocycles. The zero-order valence-corrected chi connectivity index (χ0v) is 18.8. The number of benzene rings is 2. The third-order valence-corrected chi connectivity index (χ3v) is 6.12. The third kappa shape index (κ3) is 4.70. The highest BCUT2D eigenvalue weighted by Crippen LogP contribution is 2.33. The molecule has 2 aromatic carbocycles. The van der Waals surface area contributed by atoms with Crippen molar-refractivity contribution >= 4 is 40.0 Å². The summed E-state index contributed by atoms with van der Waals surface area (Å²) in [6.45, 7) is 0.0451. The van der Waals surface area contributed by atoms with E-state index in [-0.39, 0.29) is 22.9 Å². The molecule has 5 rings (SSSR count). The van der Waals surface area contributed by atoms with Crippen LogP contribution in [0.4, 0.5) is 20.2 Å².